The van der Waals surface area contributed by atoms with E-state index in [1.165, 1.54) is 24.0 Å². The second-order valence-electron chi connectivity index (χ2n) is 8.08. The Bertz CT molecular complexity index is 1300. The quantitative estimate of drug-likeness (QED) is 0.488. The third kappa shape index (κ3) is 3.77. The smallest absolute Gasteiger partial charge is 0.356 e. The van der Waals surface area contributed by atoms with Crippen LogP contribution in [0.15, 0.2) is 60.7 Å². The summed E-state index contributed by atoms with van der Waals surface area (Å²) in [6, 6.07) is 18.2. The van der Waals surface area contributed by atoms with Gasteiger partial charge in [-0.3, -0.25) is 4.68 Å². The molecule has 1 aliphatic rings. The Morgan fingerprint density at radius 3 is 2.58 bits per heavy atom. The predicted molar refractivity (Wildman–Crippen MR) is 120 cm³/mol. The molecule has 6 heteroatoms. The molecular formula is C25H24N4O2. The Morgan fingerprint density at radius 1 is 1.03 bits per heavy atom. The Labute approximate surface area is 180 Å². The van der Waals surface area contributed by atoms with E-state index in [2.05, 4.69) is 41.5 Å². The first-order valence-corrected chi connectivity index (χ1v) is 10.6. The number of pyridine rings is 1. The number of fused-ring (bicyclic) bond motifs is 1. The van der Waals surface area contributed by atoms with Crippen molar-refractivity contribution < 1.29 is 9.90 Å². The highest BCUT2D eigenvalue weighted by molar-refractivity contribution is 5.85. The van der Waals surface area contributed by atoms with Crippen LogP contribution in [-0.4, -0.2) is 30.5 Å². The van der Waals surface area contributed by atoms with Gasteiger partial charge in [-0.05, 0) is 68.0 Å². The van der Waals surface area contributed by atoms with Crippen LogP contribution >= 0.6 is 0 Å². The summed E-state index contributed by atoms with van der Waals surface area (Å²) < 4.78 is 3.69. The average Bonchev–Trinajstić information content (AvgIpc) is 3.39. The number of aromatic carboxylic acids is 1. The van der Waals surface area contributed by atoms with Gasteiger partial charge in [-0.1, -0.05) is 36.4 Å². The van der Waals surface area contributed by atoms with Crippen molar-refractivity contribution >= 4 is 17.1 Å². The number of aryl methyl sites for hydroxylation is 1. The standard InChI is InChI=1S/C25H24N4O2/c1-17-12-24(25(30)31)26-28(17)16-22-14-20(18-8-4-2-5-9-18)13-21-15-23(27-29(21)22)19-10-6-3-7-11-19/h3,6-8,10-15H,2,4-5,9,16H2,1H3,(H,30,31). The zero-order valence-corrected chi connectivity index (χ0v) is 17.5. The van der Waals surface area contributed by atoms with E-state index in [4.69, 9.17) is 5.10 Å². The number of allylic oxidation sites excluding steroid dienone is 2. The fraction of sp³-hybridized carbons (Fsp3) is 0.240. The van der Waals surface area contributed by atoms with Crippen molar-refractivity contribution in [1.82, 2.24) is 19.4 Å². The zero-order valence-electron chi connectivity index (χ0n) is 17.5. The van der Waals surface area contributed by atoms with E-state index in [9.17, 15) is 9.90 Å². The number of aromatic nitrogens is 4. The maximum absolute atomic E-state index is 11.4. The lowest BCUT2D eigenvalue weighted by molar-refractivity contribution is 0.0689. The summed E-state index contributed by atoms with van der Waals surface area (Å²) in [5.74, 6) is -1.02. The molecule has 0 radical (unpaired) electrons. The zero-order chi connectivity index (χ0) is 21.4. The third-order valence-electron chi connectivity index (χ3n) is 5.88. The fourth-order valence-electron chi connectivity index (χ4n) is 4.25. The second kappa shape index (κ2) is 7.87. The van der Waals surface area contributed by atoms with Crippen molar-refractivity contribution in [2.45, 2.75) is 39.2 Å². The van der Waals surface area contributed by atoms with Crippen molar-refractivity contribution in [3.05, 3.63) is 83.3 Å². The van der Waals surface area contributed by atoms with Gasteiger partial charge in [0.05, 0.1) is 23.4 Å². The minimum Gasteiger partial charge on any atom is -0.476 e. The molecule has 156 valence electrons. The lowest BCUT2D eigenvalue weighted by atomic mass is 9.93. The molecule has 0 fully saturated rings. The molecular weight excluding hydrogens is 388 g/mol. The highest BCUT2D eigenvalue weighted by Gasteiger charge is 2.16. The van der Waals surface area contributed by atoms with Gasteiger partial charge in [-0.25, -0.2) is 9.31 Å². The van der Waals surface area contributed by atoms with Crippen LogP contribution in [0.2, 0.25) is 0 Å². The number of nitrogens with zero attached hydrogens (tertiary/aromatic N) is 4. The molecule has 1 N–H and O–H groups in total. The number of hydrogen-bond donors (Lipinski definition) is 1. The molecule has 5 rings (SSSR count). The Balaban J connectivity index is 1.64. The predicted octanol–water partition coefficient (Wildman–Crippen LogP) is 5.21. The summed E-state index contributed by atoms with van der Waals surface area (Å²) in [6.45, 7) is 2.33. The van der Waals surface area contributed by atoms with Gasteiger partial charge >= 0.3 is 5.97 Å². The molecule has 0 amide bonds. The molecule has 0 unspecified atom stereocenters. The minimum absolute atomic E-state index is 0.0605. The highest BCUT2D eigenvalue weighted by atomic mass is 16.4. The topological polar surface area (TPSA) is 72.4 Å². The lowest BCUT2D eigenvalue weighted by Gasteiger charge is -2.15. The Morgan fingerprint density at radius 2 is 1.87 bits per heavy atom. The summed E-state index contributed by atoms with van der Waals surface area (Å²) in [5, 5.41) is 18.5. The molecule has 6 nitrogen and oxygen atoms in total. The normalized spacial score (nSPS) is 14.0. The third-order valence-corrected chi connectivity index (χ3v) is 5.88. The summed E-state index contributed by atoms with van der Waals surface area (Å²) in [7, 11) is 0. The van der Waals surface area contributed by atoms with Crippen molar-refractivity contribution in [2.24, 2.45) is 0 Å². The lowest BCUT2D eigenvalue weighted by Crippen LogP contribution is -2.10. The monoisotopic (exact) mass is 412 g/mol. The molecule has 1 aromatic carbocycles. The van der Waals surface area contributed by atoms with Gasteiger partial charge in [-0.15, -0.1) is 0 Å². The van der Waals surface area contributed by atoms with Crippen LogP contribution in [0.4, 0.5) is 0 Å². The second-order valence-corrected chi connectivity index (χ2v) is 8.08. The van der Waals surface area contributed by atoms with Gasteiger partial charge in [0.2, 0.25) is 0 Å². The van der Waals surface area contributed by atoms with Crippen LogP contribution < -0.4 is 0 Å². The molecule has 4 aromatic rings. The van der Waals surface area contributed by atoms with E-state index in [-0.39, 0.29) is 5.69 Å². The number of carbonyl (C=O) groups is 1. The summed E-state index contributed by atoms with van der Waals surface area (Å²) in [5.41, 5.74) is 7.45. The molecule has 0 saturated carbocycles. The Kier molecular flexibility index (Phi) is 4.90. The molecule has 0 aliphatic heterocycles. The average molecular weight is 412 g/mol. The van der Waals surface area contributed by atoms with E-state index < -0.39 is 5.97 Å². The summed E-state index contributed by atoms with van der Waals surface area (Å²) in [4.78, 5) is 11.4. The molecule has 0 bridgehead atoms. The molecule has 3 heterocycles. The van der Waals surface area contributed by atoms with Gasteiger partial charge in [0, 0.05) is 11.3 Å². The van der Waals surface area contributed by atoms with Crippen LogP contribution in [-0.2, 0) is 6.54 Å². The molecule has 0 spiro atoms. The molecule has 3 aromatic heterocycles. The van der Waals surface area contributed by atoms with Crippen LogP contribution in [0.3, 0.4) is 0 Å². The van der Waals surface area contributed by atoms with E-state index in [1.807, 2.05) is 29.6 Å². The van der Waals surface area contributed by atoms with Gasteiger partial charge in [0.25, 0.3) is 0 Å². The number of rotatable bonds is 5. The Hall–Kier alpha value is -3.67. The van der Waals surface area contributed by atoms with Crippen molar-refractivity contribution in [1.29, 1.82) is 0 Å². The van der Waals surface area contributed by atoms with Gasteiger partial charge in [0.15, 0.2) is 5.69 Å². The highest BCUT2D eigenvalue weighted by Crippen LogP contribution is 2.30. The first kappa shape index (κ1) is 19.3. The van der Waals surface area contributed by atoms with Crippen LogP contribution in [0, 0.1) is 6.92 Å². The molecule has 0 atom stereocenters. The van der Waals surface area contributed by atoms with E-state index in [1.54, 1.807) is 10.7 Å². The van der Waals surface area contributed by atoms with Crippen LogP contribution in [0.1, 0.15) is 53.1 Å². The largest absolute Gasteiger partial charge is 0.476 e. The number of hydrogen-bond acceptors (Lipinski definition) is 3. The van der Waals surface area contributed by atoms with Crippen LogP contribution in [0.25, 0.3) is 22.3 Å². The first-order valence-electron chi connectivity index (χ1n) is 10.6. The number of benzene rings is 1. The summed E-state index contributed by atoms with van der Waals surface area (Å²) >= 11 is 0. The maximum Gasteiger partial charge on any atom is 0.356 e. The van der Waals surface area contributed by atoms with Crippen molar-refractivity contribution in [3.63, 3.8) is 0 Å². The van der Waals surface area contributed by atoms with Crippen molar-refractivity contribution in [3.8, 4) is 11.3 Å². The molecule has 0 saturated heterocycles. The van der Waals surface area contributed by atoms with Crippen LogP contribution in [0.5, 0.6) is 0 Å². The van der Waals surface area contributed by atoms with E-state index in [0.29, 0.717) is 6.54 Å². The van der Waals surface area contributed by atoms with Gasteiger partial charge < -0.3 is 5.11 Å². The minimum atomic E-state index is -1.02. The molecule has 31 heavy (non-hydrogen) atoms. The summed E-state index contributed by atoms with van der Waals surface area (Å²) in [6.07, 6.45) is 6.99. The maximum atomic E-state index is 11.4. The molecule has 1 aliphatic carbocycles. The van der Waals surface area contributed by atoms with E-state index >= 15 is 0 Å². The number of carboxylic acids is 1. The van der Waals surface area contributed by atoms with Gasteiger partial charge in [-0.2, -0.15) is 10.2 Å². The van der Waals surface area contributed by atoms with Gasteiger partial charge in [0.1, 0.15) is 0 Å². The SMILES string of the molecule is Cc1cc(C(=O)O)nn1Cc1cc(C2=CCCCC2)cc2cc(-c3ccccc3)nn12. The van der Waals surface area contributed by atoms with E-state index in [0.717, 1.165) is 41.0 Å². The first-order chi connectivity index (χ1) is 15.1. The van der Waals surface area contributed by atoms with Crippen molar-refractivity contribution in [2.75, 3.05) is 0 Å². The number of carboxylic acid groups (broad SMARTS) is 1. The fourth-order valence-corrected chi connectivity index (χ4v) is 4.25.